The van der Waals surface area contributed by atoms with Crippen molar-refractivity contribution < 1.29 is 25.0 Å². The van der Waals surface area contributed by atoms with Crippen LogP contribution in [0.3, 0.4) is 0 Å². The Hall–Kier alpha value is -3.14. The fraction of sp³-hybridized carbons (Fsp3) is 0.548. The Labute approximate surface area is 239 Å². The molecule has 2 heterocycles. The molecule has 9 heteroatoms. The molecule has 3 aromatic rings. The number of benzene rings is 2. The normalized spacial score (nSPS) is 17.2. The zero-order chi connectivity index (χ0) is 28.2. The minimum Gasteiger partial charge on any atom is -0.493 e. The summed E-state index contributed by atoms with van der Waals surface area (Å²) < 4.78 is 11.9. The fourth-order valence-electron chi connectivity index (χ4n) is 5.30. The van der Waals surface area contributed by atoms with Crippen molar-refractivity contribution >= 4 is 22.7 Å². The molecule has 1 saturated heterocycles. The summed E-state index contributed by atoms with van der Waals surface area (Å²) >= 11 is 0. The molecule has 0 amide bonds. The number of hydrogen-bond acceptors (Lipinski definition) is 6. The Morgan fingerprint density at radius 1 is 1.00 bits per heavy atom. The molecule has 218 valence electrons. The molecule has 40 heavy (non-hydrogen) atoms. The van der Waals surface area contributed by atoms with Crippen LogP contribution in [0.1, 0.15) is 44.1 Å². The predicted octanol–water partition coefficient (Wildman–Crippen LogP) is 1.04. The molecule has 1 aliphatic rings. The highest BCUT2D eigenvalue weighted by molar-refractivity contribution is 5.92. The van der Waals surface area contributed by atoms with Crippen molar-refractivity contribution in [3.05, 3.63) is 48.0 Å². The molecule has 9 nitrogen and oxygen atoms in total. The van der Waals surface area contributed by atoms with Crippen LogP contribution in [-0.4, -0.2) is 76.5 Å². The zero-order valence-electron chi connectivity index (χ0n) is 24.7. The number of fused-ring (bicyclic) bond motifs is 1. The average Bonchev–Trinajstić information content (AvgIpc) is 2.96. The van der Waals surface area contributed by atoms with Gasteiger partial charge in [-0.05, 0) is 25.3 Å². The average molecular weight is 553 g/mol. The maximum absolute atomic E-state index is 6.15. The number of piperidine rings is 1. The van der Waals surface area contributed by atoms with E-state index >= 15 is 0 Å². The molecule has 0 spiro atoms. The standard InChI is InChI=1S/C31H47N7O2/c1-37(2)17-10-16-33-31-35-27-22-29(40-20-9-5-8-15-32)28(39-3)21-26(27)30(36-31)34-25-13-18-38(19-14-25)23-24-11-6-4-7-12-24/h4,6-7,11-12,21-22,25H,5,8-10,13-20,23,32H2,1-3H3,(H2,33,34,35,36)/p+3. The topological polar surface area (TPSA) is 105 Å². The lowest BCUT2D eigenvalue weighted by atomic mass is 10.0. The van der Waals surface area contributed by atoms with Gasteiger partial charge in [-0.2, -0.15) is 4.98 Å². The number of nitrogens with one attached hydrogen (secondary N) is 4. The van der Waals surface area contributed by atoms with Crippen LogP contribution in [0.5, 0.6) is 11.5 Å². The van der Waals surface area contributed by atoms with Gasteiger partial charge in [0.2, 0.25) is 5.95 Å². The van der Waals surface area contributed by atoms with Crippen LogP contribution < -0.4 is 35.6 Å². The quantitative estimate of drug-likeness (QED) is 0.170. The van der Waals surface area contributed by atoms with Crippen LogP contribution in [0.25, 0.3) is 10.9 Å². The fourth-order valence-corrected chi connectivity index (χ4v) is 5.30. The van der Waals surface area contributed by atoms with Gasteiger partial charge in [0.05, 0.1) is 59.5 Å². The van der Waals surface area contributed by atoms with Crippen LogP contribution in [-0.2, 0) is 6.54 Å². The molecule has 0 bridgehead atoms. The van der Waals surface area contributed by atoms with E-state index in [1.165, 1.54) is 10.5 Å². The minimum atomic E-state index is 0.373. The SMILES string of the molecule is COc1cc2c(NC3CC[NH+](Cc4ccccc4)CC3)nc(NCCC[NH+](C)C)nc2cc1OCCCCC[NH3+]. The Balaban J connectivity index is 1.49. The predicted molar refractivity (Wildman–Crippen MR) is 161 cm³/mol. The number of nitrogens with zero attached hydrogens (tertiary/aromatic N) is 2. The summed E-state index contributed by atoms with van der Waals surface area (Å²) in [6, 6.07) is 15.2. The first-order valence-electron chi connectivity index (χ1n) is 15.0. The largest absolute Gasteiger partial charge is 0.493 e. The summed E-state index contributed by atoms with van der Waals surface area (Å²) in [5, 5.41) is 8.21. The molecule has 0 aliphatic carbocycles. The molecule has 1 fully saturated rings. The first kappa shape index (κ1) is 29.8. The summed E-state index contributed by atoms with van der Waals surface area (Å²) in [5.74, 6) is 2.97. The van der Waals surface area contributed by atoms with E-state index in [2.05, 4.69) is 60.8 Å². The summed E-state index contributed by atoms with van der Waals surface area (Å²) in [7, 11) is 6.05. The zero-order valence-corrected chi connectivity index (χ0v) is 24.7. The second kappa shape index (κ2) is 15.6. The molecular formula is C31H50N7O2+3. The molecule has 2 aromatic carbocycles. The lowest BCUT2D eigenvalue weighted by Gasteiger charge is -2.30. The van der Waals surface area contributed by atoms with Crippen LogP contribution in [0.2, 0.25) is 0 Å². The van der Waals surface area contributed by atoms with Crippen LogP contribution in [0.4, 0.5) is 11.8 Å². The molecular weight excluding hydrogens is 502 g/mol. The number of unbranched alkanes of at least 4 members (excludes halogenated alkanes) is 2. The molecule has 7 N–H and O–H groups in total. The summed E-state index contributed by atoms with van der Waals surface area (Å²) in [6.45, 7) is 6.92. The molecule has 0 atom stereocenters. The van der Waals surface area contributed by atoms with Gasteiger partial charge >= 0.3 is 0 Å². The minimum absolute atomic E-state index is 0.373. The Bertz CT molecular complexity index is 1170. The van der Waals surface area contributed by atoms with Gasteiger partial charge in [-0.3, -0.25) is 0 Å². The van der Waals surface area contributed by atoms with Crippen LogP contribution in [0.15, 0.2) is 42.5 Å². The lowest BCUT2D eigenvalue weighted by molar-refractivity contribution is -0.918. The van der Waals surface area contributed by atoms with Crippen LogP contribution in [0, 0.1) is 0 Å². The number of methoxy groups -OCH3 is 1. The van der Waals surface area contributed by atoms with Crippen molar-refractivity contribution in [3.63, 3.8) is 0 Å². The third-order valence-corrected chi connectivity index (χ3v) is 7.60. The van der Waals surface area contributed by atoms with Gasteiger partial charge in [-0.15, -0.1) is 0 Å². The van der Waals surface area contributed by atoms with Gasteiger partial charge in [0.25, 0.3) is 0 Å². The van der Waals surface area contributed by atoms with Gasteiger partial charge in [0.15, 0.2) is 11.5 Å². The summed E-state index contributed by atoms with van der Waals surface area (Å²) in [4.78, 5) is 12.9. The smallest absolute Gasteiger partial charge is 0.225 e. The Kier molecular flexibility index (Phi) is 11.6. The highest BCUT2D eigenvalue weighted by Gasteiger charge is 2.24. The summed E-state index contributed by atoms with van der Waals surface area (Å²) in [5.41, 5.74) is 6.19. The van der Waals surface area contributed by atoms with Crippen LogP contribution >= 0.6 is 0 Å². The van der Waals surface area contributed by atoms with E-state index in [-0.39, 0.29) is 0 Å². The maximum Gasteiger partial charge on any atom is 0.225 e. The van der Waals surface area contributed by atoms with Crippen molar-refractivity contribution in [1.29, 1.82) is 0 Å². The molecule has 1 aliphatic heterocycles. The second-order valence-corrected chi connectivity index (χ2v) is 11.2. The van der Waals surface area contributed by atoms with Crippen molar-refractivity contribution in [1.82, 2.24) is 9.97 Å². The van der Waals surface area contributed by atoms with Gasteiger partial charge < -0.3 is 35.6 Å². The van der Waals surface area contributed by atoms with Gasteiger partial charge in [-0.1, -0.05) is 30.3 Å². The van der Waals surface area contributed by atoms with Crippen molar-refractivity contribution in [2.75, 3.05) is 71.2 Å². The van der Waals surface area contributed by atoms with Gasteiger partial charge in [0, 0.05) is 48.9 Å². The first-order chi connectivity index (χ1) is 19.6. The summed E-state index contributed by atoms with van der Waals surface area (Å²) in [6.07, 6.45) is 6.50. The third kappa shape index (κ3) is 8.94. The maximum atomic E-state index is 6.15. The first-order valence-corrected chi connectivity index (χ1v) is 15.0. The number of ether oxygens (including phenoxy) is 2. The van der Waals surface area contributed by atoms with Gasteiger partial charge in [-0.25, -0.2) is 4.98 Å². The number of quaternary nitrogens is 3. The molecule has 4 rings (SSSR count). The number of rotatable bonds is 16. The molecule has 0 saturated carbocycles. The van der Waals surface area contributed by atoms with E-state index in [1.54, 1.807) is 12.0 Å². The monoisotopic (exact) mass is 552 g/mol. The number of hydrogen-bond donors (Lipinski definition) is 5. The molecule has 1 aromatic heterocycles. The Morgan fingerprint density at radius 3 is 2.52 bits per heavy atom. The third-order valence-electron chi connectivity index (χ3n) is 7.60. The second-order valence-electron chi connectivity index (χ2n) is 11.2. The van der Waals surface area contributed by atoms with Crippen molar-refractivity contribution in [2.24, 2.45) is 0 Å². The highest BCUT2D eigenvalue weighted by atomic mass is 16.5. The Morgan fingerprint density at radius 2 is 1.80 bits per heavy atom. The van der Waals surface area contributed by atoms with Crippen molar-refractivity contribution in [3.8, 4) is 11.5 Å². The van der Waals surface area contributed by atoms with Crippen molar-refractivity contribution in [2.45, 2.75) is 51.1 Å². The van der Waals surface area contributed by atoms with E-state index < -0.39 is 0 Å². The van der Waals surface area contributed by atoms with Gasteiger partial charge in [0.1, 0.15) is 12.4 Å². The highest BCUT2D eigenvalue weighted by Crippen LogP contribution is 2.35. The van der Waals surface area contributed by atoms with E-state index in [0.717, 1.165) is 100 Å². The number of likely N-dealkylation sites (tertiary alicyclic amines) is 1. The van der Waals surface area contributed by atoms with E-state index in [9.17, 15) is 0 Å². The van der Waals surface area contributed by atoms with E-state index in [4.69, 9.17) is 19.4 Å². The number of aromatic nitrogens is 2. The molecule has 0 radical (unpaired) electrons. The molecule has 0 unspecified atom stereocenters. The van der Waals surface area contributed by atoms with E-state index in [1.807, 2.05) is 12.1 Å². The van der Waals surface area contributed by atoms with E-state index in [0.29, 0.717) is 24.3 Å². The number of anilines is 2. The lowest BCUT2D eigenvalue weighted by Crippen LogP contribution is -3.12.